The van der Waals surface area contributed by atoms with E-state index in [0.717, 1.165) is 0 Å². The molecule has 2 heterocycles. The predicted octanol–water partition coefficient (Wildman–Crippen LogP) is 1.75. The van der Waals surface area contributed by atoms with E-state index in [1.165, 1.54) is 16.4 Å². The quantitative estimate of drug-likeness (QED) is 0.806. The standard InChI is InChI=1S/C18H21N3O5S/c1-2-26-18-16(7-4-8-19-18)20-17(22)14-5-3-6-15(13-14)27(23,24)21-9-11-25-12-10-21/h3-8,13H,2,9-12H2,1H3,(H,20,22). The van der Waals surface area contributed by atoms with Crippen molar-refractivity contribution < 1.29 is 22.7 Å². The number of rotatable bonds is 6. The molecule has 8 nitrogen and oxygen atoms in total. The molecular formula is C18H21N3O5S. The molecule has 0 radical (unpaired) electrons. The Morgan fingerprint density at radius 1 is 1.26 bits per heavy atom. The van der Waals surface area contributed by atoms with E-state index < -0.39 is 15.9 Å². The van der Waals surface area contributed by atoms with Crippen molar-refractivity contribution in [3.8, 4) is 5.88 Å². The second-order valence-electron chi connectivity index (χ2n) is 5.79. The number of hydrogen-bond acceptors (Lipinski definition) is 6. The van der Waals surface area contributed by atoms with Gasteiger partial charge >= 0.3 is 0 Å². The number of carbonyl (C=O) groups excluding carboxylic acids is 1. The first-order valence-electron chi connectivity index (χ1n) is 8.59. The van der Waals surface area contributed by atoms with Crippen LogP contribution in [-0.4, -0.2) is 56.5 Å². The van der Waals surface area contributed by atoms with E-state index in [9.17, 15) is 13.2 Å². The van der Waals surface area contributed by atoms with Crippen molar-refractivity contribution in [2.75, 3.05) is 38.2 Å². The molecule has 1 aliphatic heterocycles. The SMILES string of the molecule is CCOc1ncccc1NC(=O)c1cccc(S(=O)(=O)N2CCOCC2)c1. The summed E-state index contributed by atoms with van der Waals surface area (Å²) in [5, 5.41) is 2.71. The van der Waals surface area contributed by atoms with E-state index in [0.29, 0.717) is 44.5 Å². The summed E-state index contributed by atoms with van der Waals surface area (Å²) in [7, 11) is -3.67. The van der Waals surface area contributed by atoms with Crippen molar-refractivity contribution in [3.05, 3.63) is 48.2 Å². The fourth-order valence-electron chi connectivity index (χ4n) is 2.67. The molecule has 0 spiro atoms. The summed E-state index contributed by atoms with van der Waals surface area (Å²) in [5.74, 6) is -0.131. The Morgan fingerprint density at radius 3 is 2.78 bits per heavy atom. The summed E-state index contributed by atoms with van der Waals surface area (Å²) in [6.07, 6.45) is 1.57. The van der Waals surface area contributed by atoms with Crippen molar-refractivity contribution in [2.45, 2.75) is 11.8 Å². The Bertz CT molecular complexity index is 911. The number of ether oxygens (including phenoxy) is 2. The Balaban J connectivity index is 1.82. The normalized spacial score (nSPS) is 15.3. The Kier molecular flexibility index (Phi) is 6.04. The third-order valence-electron chi connectivity index (χ3n) is 4.00. The van der Waals surface area contributed by atoms with Crippen molar-refractivity contribution in [3.63, 3.8) is 0 Å². The van der Waals surface area contributed by atoms with Gasteiger partial charge in [0.25, 0.3) is 5.91 Å². The van der Waals surface area contributed by atoms with Gasteiger partial charge in [-0.05, 0) is 37.3 Å². The van der Waals surface area contributed by atoms with Gasteiger partial charge in [0, 0.05) is 24.8 Å². The summed E-state index contributed by atoms with van der Waals surface area (Å²) in [4.78, 5) is 16.8. The zero-order valence-electron chi connectivity index (χ0n) is 14.9. The average molecular weight is 391 g/mol. The van der Waals surface area contributed by atoms with Gasteiger partial charge in [-0.2, -0.15) is 4.31 Å². The fraction of sp³-hybridized carbons (Fsp3) is 0.333. The highest BCUT2D eigenvalue weighted by atomic mass is 32.2. The molecule has 27 heavy (non-hydrogen) atoms. The molecule has 0 atom stereocenters. The molecule has 1 saturated heterocycles. The minimum atomic E-state index is -3.67. The molecule has 1 N–H and O–H groups in total. The van der Waals surface area contributed by atoms with Crippen LogP contribution in [0.5, 0.6) is 5.88 Å². The molecule has 0 unspecified atom stereocenters. The highest BCUT2D eigenvalue weighted by molar-refractivity contribution is 7.89. The van der Waals surface area contributed by atoms with Gasteiger partial charge in [-0.25, -0.2) is 13.4 Å². The third kappa shape index (κ3) is 4.44. The van der Waals surface area contributed by atoms with Crippen LogP contribution in [0, 0.1) is 0 Å². The predicted molar refractivity (Wildman–Crippen MR) is 99.4 cm³/mol. The average Bonchev–Trinajstić information content (AvgIpc) is 2.70. The molecular weight excluding hydrogens is 370 g/mol. The van der Waals surface area contributed by atoms with Gasteiger partial charge < -0.3 is 14.8 Å². The molecule has 0 aliphatic carbocycles. The monoisotopic (exact) mass is 391 g/mol. The van der Waals surface area contributed by atoms with Crippen LogP contribution >= 0.6 is 0 Å². The van der Waals surface area contributed by atoms with E-state index in [1.807, 2.05) is 6.92 Å². The Labute approximate surface area is 158 Å². The second kappa shape index (κ2) is 8.47. The van der Waals surface area contributed by atoms with Gasteiger partial charge in [0.2, 0.25) is 15.9 Å². The van der Waals surface area contributed by atoms with Crippen molar-refractivity contribution in [2.24, 2.45) is 0 Å². The maximum Gasteiger partial charge on any atom is 0.255 e. The lowest BCUT2D eigenvalue weighted by Gasteiger charge is -2.26. The maximum absolute atomic E-state index is 12.8. The van der Waals surface area contributed by atoms with Crippen molar-refractivity contribution in [1.82, 2.24) is 9.29 Å². The van der Waals surface area contributed by atoms with E-state index >= 15 is 0 Å². The van der Waals surface area contributed by atoms with E-state index in [4.69, 9.17) is 9.47 Å². The minimum absolute atomic E-state index is 0.0771. The van der Waals surface area contributed by atoms with E-state index in [1.54, 1.807) is 30.5 Å². The van der Waals surface area contributed by atoms with Crippen molar-refractivity contribution >= 4 is 21.6 Å². The number of hydrogen-bond donors (Lipinski definition) is 1. The number of sulfonamides is 1. The number of pyridine rings is 1. The van der Waals surface area contributed by atoms with Crippen LogP contribution < -0.4 is 10.1 Å². The number of carbonyl (C=O) groups is 1. The van der Waals surface area contributed by atoms with Gasteiger partial charge in [0.05, 0.1) is 24.7 Å². The van der Waals surface area contributed by atoms with Crippen LogP contribution in [-0.2, 0) is 14.8 Å². The van der Waals surface area contributed by atoms with Crippen LogP contribution in [0.3, 0.4) is 0 Å². The lowest BCUT2D eigenvalue weighted by atomic mass is 10.2. The van der Waals surface area contributed by atoms with Crippen LogP contribution in [0.15, 0.2) is 47.5 Å². The molecule has 1 aromatic heterocycles. The van der Waals surface area contributed by atoms with Gasteiger partial charge in [-0.15, -0.1) is 0 Å². The highest BCUT2D eigenvalue weighted by Crippen LogP contribution is 2.23. The Hall–Kier alpha value is -2.49. The van der Waals surface area contributed by atoms with Crippen LogP contribution in [0.1, 0.15) is 17.3 Å². The largest absolute Gasteiger partial charge is 0.476 e. The maximum atomic E-state index is 12.8. The summed E-state index contributed by atoms with van der Waals surface area (Å²) in [5.41, 5.74) is 0.654. The molecule has 1 amide bonds. The highest BCUT2D eigenvalue weighted by Gasteiger charge is 2.27. The van der Waals surface area contributed by atoms with Gasteiger partial charge in [0.15, 0.2) is 0 Å². The Morgan fingerprint density at radius 2 is 2.04 bits per heavy atom. The molecule has 1 aromatic carbocycles. The fourth-order valence-corrected chi connectivity index (χ4v) is 4.12. The first kappa shape index (κ1) is 19.3. The third-order valence-corrected chi connectivity index (χ3v) is 5.90. The van der Waals surface area contributed by atoms with Gasteiger partial charge in [-0.3, -0.25) is 4.79 Å². The molecule has 3 rings (SSSR count). The number of morpholine rings is 1. The smallest absolute Gasteiger partial charge is 0.255 e. The zero-order valence-corrected chi connectivity index (χ0v) is 15.7. The zero-order chi connectivity index (χ0) is 19.3. The number of benzene rings is 1. The molecule has 0 bridgehead atoms. The lowest BCUT2D eigenvalue weighted by Crippen LogP contribution is -2.40. The molecule has 9 heteroatoms. The van der Waals surface area contributed by atoms with E-state index in [-0.39, 0.29) is 10.5 Å². The van der Waals surface area contributed by atoms with Crippen molar-refractivity contribution in [1.29, 1.82) is 0 Å². The lowest BCUT2D eigenvalue weighted by molar-refractivity contribution is 0.0730. The molecule has 1 aliphatic rings. The van der Waals surface area contributed by atoms with Crippen LogP contribution in [0.25, 0.3) is 0 Å². The first-order chi connectivity index (χ1) is 13.0. The number of anilines is 1. The second-order valence-corrected chi connectivity index (χ2v) is 7.73. The molecule has 1 fully saturated rings. The number of amides is 1. The number of nitrogens with zero attached hydrogens (tertiary/aromatic N) is 2. The minimum Gasteiger partial charge on any atom is -0.476 e. The van der Waals surface area contributed by atoms with Crippen LogP contribution in [0.4, 0.5) is 5.69 Å². The summed E-state index contributed by atoms with van der Waals surface area (Å²) >= 11 is 0. The number of aromatic nitrogens is 1. The molecule has 0 saturated carbocycles. The van der Waals surface area contributed by atoms with E-state index in [2.05, 4.69) is 10.3 Å². The van der Waals surface area contributed by atoms with Crippen LogP contribution in [0.2, 0.25) is 0 Å². The molecule has 2 aromatic rings. The molecule has 144 valence electrons. The summed E-state index contributed by atoms with van der Waals surface area (Å²) in [6.45, 7) is 3.55. The topological polar surface area (TPSA) is 97.8 Å². The first-order valence-corrected chi connectivity index (χ1v) is 10.0. The summed E-state index contributed by atoms with van der Waals surface area (Å²) in [6, 6.07) is 9.31. The summed E-state index contributed by atoms with van der Waals surface area (Å²) < 4.78 is 37.5. The van der Waals surface area contributed by atoms with Gasteiger partial charge in [0.1, 0.15) is 5.69 Å². The van der Waals surface area contributed by atoms with Gasteiger partial charge in [-0.1, -0.05) is 6.07 Å². The number of nitrogens with one attached hydrogen (secondary N) is 1.